The lowest BCUT2D eigenvalue weighted by Crippen LogP contribution is -3.04. The molecule has 0 aliphatic rings. The van der Waals surface area contributed by atoms with Gasteiger partial charge in [-0.2, -0.15) is 0 Å². The molecular weight excluding hydrogens is 704 g/mol. The third-order valence-corrected chi connectivity index (χ3v) is 7.01. The van der Waals surface area contributed by atoms with E-state index in [-0.39, 0.29) is 0 Å². The molecule has 4 aromatic rings. The number of carbonyl (C=O) groups is 6. The number of nitrogens with two attached hydrogens (primary N) is 1. The molecule has 7 N–H and O–H groups in total. The molecule has 0 saturated heterocycles. The second-order valence-corrected chi connectivity index (χ2v) is 11.5. The molecule has 4 rings (SSSR count). The van der Waals surface area contributed by atoms with Crippen LogP contribution in [0.3, 0.4) is 0 Å². The first-order chi connectivity index (χ1) is 23.5. The Morgan fingerprint density at radius 3 is 1.82 bits per heavy atom. The second-order valence-electron chi connectivity index (χ2n) is 10.0. The lowest BCUT2D eigenvalue weighted by molar-refractivity contribution is -0.873. The predicted octanol–water partition coefficient (Wildman–Crippen LogP) is -3.88. The summed E-state index contributed by atoms with van der Waals surface area (Å²) in [5, 5.41) is 62.3. The summed E-state index contributed by atoms with van der Waals surface area (Å²) in [5.74, 6) is -6.91. The Morgan fingerprint density at radius 1 is 0.820 bits per heavy atom. The number of nitrogens with one attached hydrogen (secondary N) is 2. The van der Waals surface area contributed by atoms with E-state index in [4.69, 9.17) is 75.4 Å². The van der Waals surface area contributed by atoms with E-state index >= 15 is 0 Å². The Labute approximate surface area is 293 Å². The van der Waals surface area contributed by atoms with Gasteiger partial charge in [0.1, 0.15) is 23.4 Å². The molecule has 0 amide bonds. The molecule has 2 aromatic carbocycles. The van der Waals surface area contributed by atoms with Gasteiger partial charge < -0.3 is 54.3 Å². The van der Waals surface area contributed by atoms with Crippen molar-refractivity contribution in [2.24, 2.45) is 0 Å². The highest BCUT2D eigenvalue weighted by Gasteiger charge is 2.17. The van der Waals surface area contributed by atoms with Crippen LogP contribution >= 0.6 is 23.4 Å². The molecule has 0 aliphatic carbocycles. The maximum absolute atomic E-state index is 9.04. The average molecular weight is 737 g/mol. The van der Waals surface area contributed by atoms with Crippen LogP contribution in [0.25, 0.3) is 10.8 Å². The number of hydrogen-bond donors (Lipinski definition) is 5. The molecule has 19 heteroatoms. The number of rotatable bonds is 10. The van der Waals surface area contributed by atoms with E-state index in [1.54, 1.807) is 0 Å². The van der Waals surface area contributed by atoms with Crippen LogP contribution in [-0.2, 0) is 47.5 Å². The number of thioether (sulfide) groups is 1. The monoisotopic (exact) mass is 736 g/mol. The lowest BCUT2D eigenvalue weighted by Gasteiger charge is -2.05. The zero-order valence-electron chi connectivity index (χ0n) is 26.5. The smallest absolute Gasteiger partial charge is 0.396 e. The third-order valence-electron chi connectivity index (χ3n) is 5.75. The summed E-state index contributed by atoms with van der Waals surface area (Å²) < 4.78 is 5.91. The Kier molecular flexibility index (Phi) is 18.8. The normalized spacial score (nSPS) is 10.0. The number of nitrogens with zero attached hydrogens (tertiary/aromatic N) is 1. The van der Waals surface area contributed by atoms with E-state index in [1.807, 2.05) is 23.9 Å². The van der Waals surface area contributed by atoms with Gasteiger partial charge in [0.2, 0.25) is 0 Å². The van der Waals surface area contributed by atoms with Gasteiger partial charge in [-0.1, -0.05) is 47.0 Å². The highest BCUT2D eigenvalue weighted by Crippen LogP contribution is 2.21. The van der Waals surface area contributed by atoms with Crippen LogP contribution in [0.1, 0.15) is 22.8 Å². The number of fused-ring (bicyclic) bond motifs is 1. The molecule has 0 spiro atoms. The molecule has 0 radical (unpaired) electrons. The number of H-pyrrole nitrogens is 1. The van der Waals surface area contributed by atoms with Gasteiger partial charge in [-0.15, -0.1) is 11.8 Å². The fourth-order valence-corrected chi connectivity index (χ4v) is 4.62. The fraction of sp³-hybridized carbons (Fsp3) is 0.226. The van der Waals surface area contributed by atoms with Gasteiger partial charge in [-0.3, -0.25) is 5.32 Å². The molecule has 0 bridgehead atoms. The first-order valence-corrected chi connectivity index (χ1v) is 15.7. The van der Waals surface area contributed by atoms with E-state index in [0.29, 0.717) is 0 Å². The first kappa shape index (κ1) is 42.5. The summed E-state index contributed by atoms with van der Waals surface area (Å²) >= 11 is 7.91. The van der Waals surface area contributed by atoms with Gasteiger partial charge in [0, 0.05) is 22.6 Å². The number of aromatic amines is 1. The van der Waals surface area contributed by atoms with Crippen molar-refractivity contribution in [2.75, 3.05) is 26.4 Å². The second kappa shape index (κ2) is 22.1. The third kappa shape index (κ3) is 17.0. The van der Waals surface area contributed by atoms with Crippen LogP contribution in [0, 0.1) is 0 Å². The van der Waals surface area contributed by atoms with Crippen molar-refractivity contribution in [3.8, 4) is 0 Å². The SMILES string of the molecule is C[NH+](C)Cc1ccc(CSCC[NH2+]c2[nH+]nc(Cc3ccc(Cl)cc3)c3ccccc23)o1.O=C([O-])C(=O)O.O=C([O-])C(=O)O.O=C([O-])C(=O)O. The van der Waals surface area contributed by atoms with Crippen molar-refractivity contribution in [1.82, 2.24) is 5.10 Å². The molecule has 0 unspecified atom stereocenters. The molecule has 0 saturated carbocycles. The summed E-state index contributed by atoms with van der Waals surface area (Å²) in [6, 6.07) is 20.6. The maximum atomic E-state index is 9.04. The zero-order valence-corrected chi connectivity index (χ0v) is 28.1. The summed E-state index contributed by atoms with van der Waals surface area (Å²) in [7, 11) is 4.26. The van der Waals surface area contributed by atoms with Crippen LogP contribution < -0.4 is 30.6 Å². The van der Waals surface area contributed by atoms with E-state index in [0.717, 1.165) is 59.1 Å². The largest absolute Gasteiger partial charge is 0.539 e. The lowest BCUT2D eigenvalue weighted by atomic mass is 10.0. The number of halogens is 1. The van der Waals surface area contributed by atoms with Crippen molar-refractivity contribution in [1.29, 1.82) is 0 Å². The molecule has 50 heavy (non-hydrogen) atoms. The number of carbonyl (C=O) groups excluding carboxylic acids is 3. The van der Waals surface area contributed by atoms with Crippen LogP contribution in [0.4, 0.5) is 5.82 Å². The maximum Gasteiger partial charge on any atom is 0.396 e. The van der Waals surface area contributed by atoms with Gasteiger partial charge in [-0.25, -0.2) is 14.4 Å². The molecule has 2 heterocycles. The van der Waals surface area contributed by atoms with Crippen molar-refractivity contribution < 1.29 is 79.1 Å². The number of hydrogen-bond acceptors (Lipinski definition) is 12. The number of aliphatic carboxylic acids is 6. The summed E-state index contributed by atoms with van der Waals surface area (Å²) in [5.41, 5.74) is 2.24. The van der Waals surface area contributed by atoms with Crippen LogP contribution in [0.2, 0.25) is 5.02 Å². The molecule has 17 nitrogen and oxygen atoms in total. The number of furan rings is 1. The average Bonchev–Trinajstić information content (AvgIpc) is 3.49. The number of aromatic nitrogens is 2. The molecule has 2 aromatic heterocycles. The highest BCUT2D eigenvalue weighted by atomic mass is 35.5. The topological polar surface area (TPSA) is 294 Å². The Balaban J connectivity index is 0.000000571. The summed E-state index contributed by atoms with van der Waals surface area (Å²) in [4.78, 5) is 55.4. The quantitative estimate of drug-likeness (QED) is 0.0769. The van der Waals surface area contributed by atoms with Gasteiger partial charge in [0.25, 0.3) is 0 Å². The summed E-state index contributed by atoms with van der Waals surface area (Å²) in [6.45, 7) is 1.89. The van der Waals surface area contributed by atoms with E-state index in [9.17, 15) is 0 Å². The molecule has 0 atom stereocenters. The van der Waals surface area contributed by atoms with E-state index in [1.165, 1.54) is 21.2 Å². The van der Waals surface area contributed by atoms with Gasteiger partial charge in [-0.05, 0) is 41.0 Å². The van der Waals surface area contributed by atoms with Crippen molar-refractivity contribution in [2.45, 2.75) is 18.7 Å². The van der Waals surface area contributed by atoms with E-state index < -0.39 is 35.8 Å². The Morgan fingerprint density at radius 2 is 1.32 bits per heavy atom. The molecule has 0 fully saturated rings. The van der Waals surface area contributed by atoms with Crippen LogP contribution in [-0.4, -0.2) is 82.6 Å². The van der Waals surface area contributed by atoms with Crippen LogP contribution in [0.5, 0.6) is 0 Å². The summed E-state index contributed by atoms with van der Waals surface area (Å²) in [6.07, 6.45) is 0.769. The molecular formula is C31H33ClN4O13S. The molecule has 268 valence electrons. The zero-order chi connectivity index (χ0) is 37.8. The standard InChI is InChI=1S/C25H27ClN4OS.3C2H2O4/c1-30(2)16-20-11-12-21(31-20)17-32-14-13-27-25-23-6-4-3-5-22(23)24(28-29-25)15-18-7-9-19(26)10-8-18;3*3-1(4)2(5)6/h3-12H,13-17H2,1-2H3,(H,27,29);3*(H,3,4)(H,5,6). The minimum absolute atomic E-state index is 0.753. The highest BCUT2D eigenvalue weighted by molar-refractivity contribution is 7.98. The van der Waals surface area contributed by atoms with Crippen molar-refractivity contribution in [3.63, 3.8) is 0 Å². The van der Waals surface area contributed by atoms with Gasteiger partial charge in [0.05, 0.1) is 26.4 Å². The molecule has 0 aliphatic heterocycles. The Bertz CT molecular complexity index is 1670. The number of carboxylic acids is 6. The van der Waals surface area contributed by atoms with Crippen molar-refractivity contribution in [3.05, 3.63) is 88.5 Å². The number of benzene rings is 2. The van der Waals surface area contributed by atoms with Gasteiger partial charge in [0.15, 0.2) is 23.7 Å². The number of quaternary nitrogens is 2. The minimum atomic E-state index is -2.07. The number of carboxylic acid groups (broad SMARTS) is 6. The minimum Gasteiger partial charge on any atom is -0.539 e. The van der Waals surface area contributed by atoms with Crippen molar-refractivity contribution >= 4 is 75.8 Å². The van der Waals surface area contributed by atoms with E-state index in [2.05, 4.69) is 78.1 Å². The van der Waals surface area contributed by atoms with Crippen LogP contribution in [0.15, 0.2) is 65.1 Å². The predicted molar refractivity (Wildman–Crippen MR) is 168 cm³/mol. The first-order valence-electron chi connectivity index (χ1n) is 14.2. The van der Waals surface area contributed by atoms with Gasteiger partial charge >= 0.3 is 23.7 Å². The Hall–Kier alpha value is -5.56. The fourth-order valence-electron chi connectivity index (χ4n) is 3.71.